The number of alkyl halides is 2. The molecule has 4 N–H and O–H groups in total. The largest absolute Gasteiger partial charge is 0.397 e. The summed E-state index contributed by atoms with van der Waals surface area (Å²) in [6.07, 6.45) is 0. The van der Waals surface area contributed by atoms with Crippen molar-refractivity contribution in [1.82, 2.24) is 0 Å². The topological polar surface area (TPSA) is 84.2 Å². The summed E-state index contributed by atoms with van der Waals surface area (Å²) in [5, 5.41) is 5.27. The van der Waals surface area contributed by atoms with Crippen molar-refractivity contribution >= 4 is 75.3 Å². The molecule has 0 spiro atoms. The second-order valence-corrected chi connectivity index (χ2v) is 10.4. The third-order valence-corrected chi connectivity index (χ3v) is 7.26. The number of nitrogen functional groups attached to an aromatic ring is 1. The number of carbonyl (C=O) groups is 2. The van der Waals surface area contributed by atoms with Crippen molar-refractivity contribution in [2.24, 2.45) is 5.92 Å². The predicted molar refractivity (Wildman–Crippen MR) is 136 cm³/mol. The molecule has 2 atom stereocenters. The number of halogens is 6. The van der Waals surface area contributed by atoms with Crippen LogP contribution >= 0.6 is 46.4 Å². The van der Waals surface area contributed by atoms with E-state index in [-0.39, 0.29) is 32.7 Å². The van der Waals surface area contributed by atoms with Crippen LogP contribution in [-0.4, -0.2) is 16.1 Å². The summed E-state index contributed by atoms with van der Waals surface area (Å²) in [7, 11) is 0. The molecule has 1 saturated carbocycles. The fraction of sp³-hybridized carbons (Fsp3) is 0.167. The number of hydrogen-bond acceptors (Lipinski definition) is 3. The average molecular weight is 559 g/mol. The van der Waals surface area contributed by atoms with Gasteiger partial charge in [0, 0.05) is 11.6 Å². The van der Waals surface area contributed by atoms with E-state index < -0.39 is 39.6 Å². The summed E-state index contributed by atoms with van der Waals surface area (Å²) < 4.78 is 25.7. The van der Waals surface area contributed by atoms with Gasteiger partial charge in [-0.05, 0) is 60.5 Å². The number of hydrogen-bond donors (Lipinski definition) is 3. The van der Waals surface area contributed by atoms with E-state index in [2.05, 4.69) is 10.6 Å². The van der Waals surface area contributed by atoms with Gasteiger partial charge in [-0.25, -0.2) is 8.78 Å². The lowest BCUT2D eigenvalue weighted by molar-refractivity contribution is -0.117. The summed E-state index contributed by atoms with van der Waals surface area (Å²) in [4.78, 5) is 25.7. The van der Waals surface area contributed by atoms with Crippen LogP contribution in [0.3, 0.4) is 0 Å². The molecule has 0 bridgehead atoms. The van der Waals surface area contributed by atoms with Gasteiger partial charge in [-0.15, -0.1) is 23.2 Å². The Balaban J connectivity index is 1.52. The van der Waals surface area contributed by atoms with E-state index >= 15 is 0 Å². The van der Waals surface area contributed by atoms with Crippen molar-refractivity contribution < 1.29 is 18.4 Å². The van der Waals surface area contributed by atoms with Crippen LogP contribution in [0.15, 0.2) is 48.5 Å². The molecule has 182 valence electrons. The summed E-state index contributed by atoms with van der Waals surface area (Å²) in [6.45, 7) is 1.53. The molecular weight excluding hydrogens is 542 g/mol. The Morgan fingerprint density at radius 2 is 1.66 bits per heavy atom. The van der Waals surface area contributed by atoms with Crippen molar-refractivity contribution in [3.05, 3.63) is 86.9 Å². The van der Waals surface area contributed by atoms with Gasteiger partial charge in [0.1, 0.15) is 16.0 Å². The number of nitrogens with two attached hydrogens (primary N) is 1. The maximum atomic E-state index is 13.7. The van der Waals surface area contributed by atoms with Gasteiger partial charge < -0.3 is 16.4 Å². The van der Waals surface area contributed by atoms with Gasteiger partial charge in [0.25, 0.3) is 5.91 Å². The number of anilines is 3. The van der Waals surface area contributed by atoms with Gasteiger partial charge >= 0.3 is 0 Å². The molecule has 1 aliphatic rings. The highest BCUT2D eigenvalue weighted by Crippen LogP contribution is 2.65. The van der Waals surface area contributed by atoms with Gasteiger partial charge in [0.2, 0.25) is 5.91 Å². The molecule has 5 nitrogen and oxygen atoms in total. The van der Waals surface area contributed by atoms with Crippen LogP contribution in [-0.2, 0) is 4.79 Å². The molecule has 0 aromatic heterocycles. The first-order valence-corrected chi connectivity index (χ1v) is 11.7. The minimum Gasteiger partial charge on any atom is -0.397 e. The SMILES string of the molecule is Cc1cc(NC(=O)c2cc(NC(=O)[C@H]3[C@H](c4ccc(F)c(Cl)c4)C3(Cl)Cl)ccc2Cl)c(N)cc1F. The lowest BCUT2D eigenvalue weighted by atomic mass is 10.1. The minimum atomic E-state index is -1.42. The number of nitrogens with one attached hydrogen (secondary N) is 2. The maximum absolute atomic E-state index is 13.7. The number of benzene rings is 3. The minimum absolute atomic E-state index is 0.0447. The molecule has 3 aromatic rings. The molecule has 0 unspecified atom stereocenters. The zero-order valence-corrected chi connectivity index (χ0v) is 21.0. The number of rotatable bonds is 5. The normalized spacial score (nSPS) is 18.1. The Morgan fingerprint density at radius 1 is 0.943 bits per heavy atom. The van der Waals surface area contributed by atoms with E-state index in [4.69, 9.17) is 52.1 Å². The molecule has 1 aliphatic carbocycles. The molecule has 2 amide bonds. The lowest BCUT2D eigenvalue weighted by Gasteiger charge is -2.12. The maximum Gasteiger partial charge on any atom is 0.257 e. The number of aryl methyl sites for hydroxylation is 1. The Labute approximate surface area is 219 Å². The zero-order chi connectivity index (χ0) is 25.7. The van der Waals surface area contributed by atoms with E-state index in [1.54, 1.807) is 0 Å². The third kappa shape index (κ3) is 5.05. The standard InChI is InChI=1S/C24H17Cl4F2N3O2/c1-10-6-19(18(31)9-17(10)30)33-22(34)13-8-12(3-4-14(13)25)32-23(35)21-20(24(21,27)28)11-2-5-16(29)15(26)7-11/h2-9,20-21H,31H2,1H3,(H,32,35)(H,33,34)/t20-,21+/m0/s1. The van der Waals surface area contributed by atoms with E-state index in [1.807, 2.05) is 0 Å². The molecule has 3 aromatic carbocycles. The molecular formula is C24H17Cl4F2N3O2. The molecule has 1 fully saturated rings. The van der Waals surface area contributed by atoms with E-state index in [9.17, 15) is 18.4 Å². The Bertz CT molecular complexity index is 1370. The Kier molecular flexibility index (Phi) is 6.90. The summed E-state index contributed by atoms with van der Waals surface area (Å²) in [5.74, 6) is -3.67. The van der Waals surface area contributed by atoms with Crippen molar-refractivity contribution in [3.63, 3.8) is 0 Å². The summed E-state index contributed by atoms with van der Waals surface area (Å²) >= 11 is 24.7. The second kappa shape index (κ2) is 9.47. The highest BCUT2D eigenvalue weighted by Gasteiger charge is 2.67. The van der Waals surface area contributed by atoms with Crippen molar-refractivity contribution in [2.75, 3.05) is 16.4 Å². The summed E-state index contributed by atoms with van der Waals surface area (Å²) in [6, 6.07) is 10.8. The van der Waals surface area contributed by atoms with Crippen LogP contribution in [0.25, 0.3) is 0 Å². The van der Waals surface area contributed by atoms with E-state index in [1.165, 1.54) is 49.4 Å². The average Bonchev–Trinajstić information content (AvgIpc) is 3.37. The Hall–Kier alpha value is -2.58. The first-order valence-electron chi connectivity index (χ1n) is 10.2. The Morgan fingerprint density at radius 3 is 2.34 bits per heavy atom. The van der Waals surface area contributed by atoms with Crippen LogP contribution < -0.4 is 16.4 Å². The first-order chi connectivity index (χ1) is 16.4. The third-order valence-electron chi connectivity index (χ3n) is 5.70. The van der Waals surface area contributed by atoms with Gasteiger partial charge in [0.05, 0.1) is 32.9 Å². The predicted octanol–water partition coefficient (Wildman–Crippen LogP) is 6.94. The fourth-order valence-electron chi connectivity index (χ4n) is 3.77. The van der Waals surface area contributed by atoms with Crippen LogP contribution in [0.4, 0.5) is 25.8 Å². The van der Waals surface area contributed by atoms with Gasteiger partial charge in [0.15, 0.2) is 0 Å². The smallest absolute Gasteiger partial charge is 0.257 e. The van der Waals surface area contributed by atoms with Crippen LogP contribution in [0, 0.1) is 24.5 Å². The van der Waals surface area contributed by atoms with Crippen LogP contribution in [0.5, 0.6) is 0 Å². The first kappa shape index (κ1) is 25.5. The van der Waals surface area contributed by atoms with Gasteiger partial charge in [-0.1, -0.05) is 29.3 Å². The number of amides is 2. The summed E-state index contributed by atoms with van der Waals surface area (Å²) in [5.41, 5.74) is 7.19. The van der Waals surface area contributed by atoms with Crippen molar-refractivity contribution in [3.8, 4) is 0 Å². The molecule has 35 heavy (non-hydrogen) atoms. The molecule has 0 saturated heterocycles. The zero-order valence-electron chi connectivity index (χ0n) is 17.9. The molecule has 0 heterocycles. The quantitative estimate of drug-likeness (QED) is 0.234. The van der Waals surface area contributed by atoms with Crippen LogP contribution in [0.1, 0.15) is 27.4 Å². The molecule has 0 radical (unpaired) electrons. The molecule has 0 aliphatic heterocycles. The van der Waals surface area contributed by atoms with Gasteiger partial charge in [-0.3, -0.25) is 9.59 Å². The fourth-order valence-corrected chi connectivity index (χ4v) is 4.99. The van der Waals surface area contributed by atoms with Crippen LogP contribution in [0.2, 0.25) is 10.0 Å². The van der Waals surface area contributed by atoms with Crippen molar-refractivity contribution in [2.45, 2.75) is 17.2 Å². The van der Waals surface area contributed by atoms with Crippen molar-refractivity contribution in [1.29, 1.82) is 0 Å². The highest BCUT2D eigenvalue weighted by atomic mass is 35.5. The molecule has 11 heteroatoms. The van der Waals surface area contributed by atoms with Gasteiger partial charge in [-0.2, -0.15) is 0 Å². The highest BCUT2D eigenvalue weighted by molar-refractivity contribution is 6.53. The van der Waals surface area contributed by atoms with E-state index in [0.717, 1.165) is 6.07 Å². The number of carbonyl (C=O) groups excluding carboxylic acids is 2. The van der Waals surface area contributed by atoms with E-state index in [0.29, 0.717) is 11.1 Å². The monoisotopic (exact) mass is 557 g/mol. The second-order valence-electron chi connectivity index (χ2n) is 8.13. The molecule has 4 rings (SSSR count). The lowest BCUT2D eigenvalue weighted by Crippen LogP contribution is -2.18.